The molecule has 0 unspecified atom stereocenters. The smallest absolute Gasteiger partial charge is 0.347 e. The van der Waals surface area contributed by atoms with Crippen molar-refractivity contribution >= 4 is 22.5 Å². The van der Waals surface area contributed by atoms with Crippen LogP contribution in [0.25, 0.3) is 22.4 Å². The first kappa shape index (κ1) is 12.9. The maximum atomic E-state index is 12.1. The summed E-state index contributed by atoms with van der Waals surface area (Å²) in [6.07, 6.45) is 0. The van der Waals surface area contributed by atoms with Gasteiger partial charge in [0.05, 0.1) is 21.5 Å². The second-order valence-electron chi connectivity index (χ2n) is 4.76. The van der Waals surface area contributed by atoms with Gasteiger partial charge in [-0.1, -0.05) is 29.8 Å². The van der Waals surface area contributed by atoms with E-state index >= 15 is 0 Å². The molecule has 0 atom stereocenters. The van der Waals surface area contributed by atoms with Crippen LogP contribution in [0.15, 0.2) is 45.6 Å². The van der Waals surface area contributed by atoms with Gasteiger partial charge in [0.2, 0.25) is 5.89 Å². The molecule has 3 nitrogen and oxygen atoms in total. The van der Waals surface area contributed by atoms with Crippen molar-refractivity contribution in [2.45, 2.75) is 13.8 Å². The number of aromatic nitrogens is 1. The Bertz CT molecular complexity index is 868. The van der Waals surface area contributed by atoms with E-state index in [1.807, 2.05) is 32.0 Å². The van der Waals surface area contributed by atoms with Crippen LogP contribution in [-0.2, 0) is 0 Å². The number of aryl methyl sites for hydroxylation is 2. The summed E-state index contributed by atoms with van der Waals surface area (Å²) in [7, 11) is 0. The summed E-state index contributed by atoms with van der Waals surface area (Å²) < 4.78 is 5.32. The molecule has 0 amide bonds. The Hall–Kier alpha value is -2.13. The number of hydrogen-bond acceptors (Lipinski definition) is 3. The highest BCUT2D eigenvalue weighted by Gasteiger charge is 2.12. The van der Waals surface area contributed by atoms with Crippen molar-refractivity contribution in [2.75, 3.05) is 0 Å². The monoisotopic (exact) mass is 285 g/mol. The molecule has 3 rings (SSSR count). The normalized spacial score (nSPS) is 10.9. The fourth-order valence-corrected chi connectivity index (χ4v) is 2.50. The van der Waals surface area contributed by atoms with E-state index in [9.17, 15) is 4.79 Å². The van der Waals surface area contributed by atoms with Crippen molar-refractivity contribution in [3.63, 3.8) is 0 Å². The van der Waals surface area contributed by atoms with Crippen molar-refractivity contribution in [3.8, 4) is 11.5 Å². The molecule has 0 aliphatic heterocycles. The van der Waals surface area contributed by atoms with Gasteiger partial charge in [-0.15, -0.1) is 0 Å². The third-order valence-electron chi connectivity index (χ3n) is 3.17. The van der Waals surface area contributed by atoms with Gasteiger partial charge < -0.3 is 4.42 Å². The molecule has 0 N–H and O–H groups in total. The minimum absolute atomic E-state index is 0.250. The van der Waals surface area contributed by atoms with Crippen LogP contribution in [0.2, 0.25) is 5.02 Å². The third kappa shape index (κ3) is 2.10. The van der Waals surface area contributed by atoms with E-state index < -0.39 is 5.63 Å². The van der Waals surface area contributed by atoms with Crippen LogP contribution >= 0.6 is 11.6 Å². The van der Waals surface area contributed by atoms with Gasteiger partial charge in [-0.3, -0.25) is 0 Å². The van der Waals surface area contributed by atoms with Crippen LogP contribution in [0.3, 0.4) is 0 Å². The van der Waals surface area contributed by atoms with Crippen LogP contribution in [0, 0.1) is 13.8 Å². The molecule has 0 aliphatic carbocycles. The first-order valence-corrected chi connectivity index (χ1v) is 6.61. The Kier molecular flexibility index (Phi) is 3.07. The van der Waals surface area contributed by atoms with E-state index in [1.54, 1.807) is 18.2 Å². The molecule has 3 aromatic rings. The van der Waals surface area contributed by atoms with Crippen molar-refractivity contribution in [2.24, 2.45) is 0 Å². The molecule has 0 spiro atoms. The Morgan fingerprint density at radius 2 is 1.90 bits per heavy atom. The van der Waals surface area contributed by atoms with Gasteiger partial charge in [-0.05, 0) is 43.2 Å². The maximum Gasteiger partial charge on any atom is 0.347 e. The van der Waals surface area contributed by atoms with Crippen molar-refractivity contribution < 1.29 is 4.42 Å². The fourth-order valence-electron chi connectivity index (χ4n) is 2.28. The Labute approximate surface area is 120 Å². The zero-order chi connectivity index (χ0) is 14.3. The summed E-state index contributed by atoms with van der Waals surface area (Å²) in [4.78, 5) is 16.6. The van der Waals surface area contributed by atoms with E-state index in [-0.39, 0.29) is 5.89 Å². The molecule has 0 aliphatic rings. The lowest BCUT2D eigenvalue weighted by atomic mass is 10.1. The van der Waals surface area contributed by atoms with Gasteiger partial charge in [0.15, 0.2) is 0 Å². The van der Waals surface area contributed by atoms with Gasteiger partial charge in [0.25, 0.3) is 0 Å². The summed E-state index contributed by atoms with van der Waals surface area (Å²) in [6.45, 7) is 3.87. The number of benzene rings is 2. The molecule has 1 heterocycles. The Morgan fingerprint density at radius 3 is 2.65 bits per heavy atom. The summed E-state index contributed by atoms with van der Waals surface area (Å²) in [5.41, 5.74) is 2.84. The first-order valence-electron chi connectivity index (χ1n) is 6.23. The van der Waals surface area contributed by atoms with E-state index in [0.29, 0.717) is 21.5 Å². The third-order valence-corrected chi connectivity index (χ3v) is 3.50. The largest absolute Gasteiger partial charge is 0.403 e. The molecular weight excluding hydrogens is 274 g/mol. The number of rotatable bonds is 1. The molecule has 0 fully saturated rings. The average molecular weight is 286 g/mol. The van der Waals surface area contributed by atoms with Crippen LogP contribution in [0.4, 0.5) is 0 Å². The average Bonchev–Trinajstić information content (AvgIpc) is 2.40. The highest BCUT2D eigenvalue weighted by molar-refractivity contribution is 6.33. The number of fused-ring (bicyclic) bond motifs is 1. The SMILES string of the molecule is Cc1cc(C)c2nc(-c3ccccc3Cl)oc(=O)c2c1. The summed E-state index contributed by atoms with van der Waals surface area (Å²) in [5, 5.41) is 1.01. The zero-order valence-corrected chi connectivity index (χ0v) is 11.9. The summed E-state index contributed by atoms with van der Waals surface area (Å²) in [6, 6.07) is 10.9. The minimum Gasteiger partial charge on any atom is -0.403 e. The van der Waals surface area contributed by atoms with Crippen molar-refractivity contribution in [1.29, 1.82) is 0 Å². The molecule has 0 bridgehead atoms. The Morgan fingerprint density at radius 1 is 1.15 bits per heavy atom. The Balaban J connectivity index is 2.36. The van der Waals surface area contributed by atoms with Crippen LogP contribution < -0.4 is 5.63 Å². The molecule has 20 heavy (non-hydrogen) atoms. The highest BCUT2D eigenvalue weighted by Crippen LogP contribution is 2.27. The van der Waals surface area contributed by atoms with E-state index in [4.69, 9.17) is 16.0 Å². The lowest BCUT2D eigenvalue weighted by molar-refractivity contribution is 0.518. The van der Waals surface area contributed by atoms with Crippen molar-refractivity contribution in [1.82, 2.24) is 4.98 Å². The molecular formula is C16H12ClNO2. The summed E-state index contributed by atoms with van der Waals surface area (Å²) >= 11 is 6.13. The summed E-state index contributed by atoms with van der Waals surface area (Å²) in [5.74, 6) is 0.250. The van der Waals surface area contributed by atoms with E-state index in [2.05, 4.69) is 4.98 Å². The van der Waals surface area contributed by atoms with Gasteiger partial charge >= 0.3 is 5.63 Å². The molecule has 0 saturated heterocycles. The molecule has 4 heteroatoms. The van der Waals surface area contributed by atoms with Crippen molar-refractivity contribution in [3.05, 3.63) is 63.0 Å². The van der Waals surface area contributed by atoms with Gasteiger partial charge in [0.1, 0.15) is 0 Å². The number of halogens is 1. The fraction of sp³-hybridized carbons (Fsp3) is 0.125. The lowest BCUT2D eigenvalue weighted by Crippen LogP contribution is -2.04. The maximum absolute atomic E-state index is 12.1. The highest BCUT2D eigenvalue weighted by atomic mass is 35.5. The molecule has 0 saturated carbocycles. The van der Waals surface area contributed by atoms with Crippen LogP contribution in [0.5, 0.6) is 0 Å². The quantitative estimate of drug-likeness (QED) is 0.675. The zero-order valence-electron chi connectivity index (χ0n) is 11.1. The molecule has 2 aromatic carbocycles. The lowest BCUT2D eigenvalue weighted by Gasteiger charge is -2.06. The van der Waals surface area contributed by atoms with Gasteiger partial charge in [-0.25, -0.2) is 9.78 Å². The number of nitrogens with zero attached hydrogens (tertiary/aromatic N) is 1. The predicted molar refractivity (Wildman–Crippen MR) is 80.2 cm³/mol. The standard InChI is InChI=1S/C16H12ClNO2/c1-9-7-10(2)14-12(8-9)16(19)20-15(18-14)11-5-3-4-6-13(11)17/h3-8H,1-2H3. The topological polar surface area (TPSA) is 43.1 Å². The predicted octanol–water partition coefficient (Wildman–Crippen LogP) is 4.13. The minimum atomic E-state index is -0.392. The van der Waals surface area contributed by atoms with Crippen LogP contribution in [-0.4, -0.2) is 4.98 Å². The van der Waals surface area contributed by atoms with Crippen LogP contribution in [0.1, 0.15) is 11.1 Å². The van der Waals surface area contributed by atoms with Gasteiger partial charge in [0, 0.05) is 0 Å². The molecule has 100 valence electrons. The molecule has 1 aromatic heterocycles. The molecule has 0 radical (unpaired) electrons. The second-order valence-corrected chi connectivity index (χ2v) is 5.17. The number of hydrogen-bond donors (Lipinski definition) is 0. The van der Waals surface area contributed by atoms with E-state index in [1.165, 1.54) is 0 Å². The first-order chi connectivity index (χ1) is 9.56. The van der Waals surface area contributed by atoms with E-state index in [0.717, 1.165) is 11.1 Å². The van der Waals surface area contributed by atoms with Gasteiger partial charge in [-0.2, -0.15) is 0 Å². The second kappa shape index (κ2) is 4.76.